The van der Waals surface area contributed by atoms with E-state index in [4.69, 9.17) is 19.4 Å². The van der Waals surface area contributed by atoms with Crippen molar-refractivity contribution in [3.8, 4) is 17.2 Å². The lowest BCUT2D eigenvalue weighted by molar-refractivity contribution is -0.129. The Morgan fingerprint density at radius 1 is 0.929 bits per heavy atom. The number of hydrogen-bond donors (Lipinski definition) is 1. The number of likely N-dealkylation sites (N-methyl/N-ethyl adjacent to an activating group) is 1. The molecule has 4 heterocycles. The smallest absolute Gasteiger partial charge is 0.357 e. The molecule has 5 aromatic rings. The lowest BCUT2D eigenvalue weighted by atomic mass is 9.85. The number of piperidine rings is 1. The number of nitrogens with zero attached hydrogens (tertiary/aromatic N) is 8. The molecule has 296 valence electrons. The maximum Gasteiger partial charge on any atom is 0.357 e. The normalized spacial score (nSPS) is 19.8. The van der Waals surface area contributed by atoms with Crippen molar-refractivity contribution in [2.45, 2.75) is 96.4 Å². The van der Waals surface area contributed by atoms with E-state index in [1.807, 2.05) is 111 Å². The van der Waals surface area contributed by atoms with Crippen LogP contribution >= 0.6 is 0 Å². The van der Waals surface area contributed by atoms with Gasteiger partial charge in [-0.1, -0.05) is 51.1 Å². The molecule has 4 atom stereocenters. The number of rotatable bonds is 12. The van der Waals surface area contributed by atoms with Gasteiger partial charge in [0.25, 0.3) is 0 Å². The van der Waals surface area contributed by atoms with Crippen LogP contribution in [0.4, 0.5) is 16.6 Å². The van der Waals surface area contributed by atoms with Crippen LogP contribution in [0.1, 0.15) is 95.7 Å². The number of carbonyl (C=O) groups is 2. The van der Waals surface area contributed by atoms with Crippen LogP contribution < -0.4 is 24.8 Å². The third-order valence-corrected chi connectivity index (χ3v) is 10.7. The maximum absolute atomic E-state index is 14.2. The standard InChI is InChI=1S/C42H53N9O5/c1-28-12-10-13-29(2)49(28)40-45-44-38-21-18-32(26-48(38)40)56-36-20-19-35(33-16-8-9-17-34(33)36)43-41(53)51(55-27-52)39-25-37(42(3,4)5)46-50(39)30-14-11-15-31(24-30)54-23-22-47(6)7/h8-9,11,14-18,21,24-29,35-36H,10,12-13,19-20,22-23H2,1-7H3,(H,43,53)/t28?,29?,35-,36+/m0/s1. The second kappa shape index (κ2) is 16.2. The predicted octanol–water partition coefficient (Wildman–Crippen LogP) is 7.18. The molecule has 14 nitrogen and oxygen atoms in total. The molecule has 2 amide bonds. The summed E-state index contributed by atoms with van der Waals surface area (Å²) in [6, 6.07) is 20.8. The molecule has 1 aliphatic heterocycles. The van der Waals surface area contributed by atoms with E-state index in [9.17, 15) is 9.59 Å². The number of fused-ring (bicyclic) bond motifs is 2. The molecule has 56 heavy (non-hydrogen) atoms. The fourth-order valence-electron chi connectivity index (χ4n) is 7.69. The Hall–Kier alpha value is -5.63. The van der Waals surface area contributed by atoms with Gasteiger partial charge in [-0.25, -0.2) is 9.48 Å². The highest BCUT2D eigenvalue weighted by atomic mass is 16.7. The van der Waals surface area contributed by atoms with E-state index in [-0.39, 0.29) is 29.9 Å². The molecule has 0 bridgehead atoms. The summed E-state index contributed by atoms with van der Waals surface area (Å²) in [5, 5.41) is 18.0. The van der Waals surface area contributed by atoms with Gasteiger partial charge in [0.05, 0.1) is 23.6 Å². The van der Waals surface area contributed by atoms with Gasteiger partial charge >= 0.3 is 12.5 Å². The van der Waals surface area contributed by atoms with Crippen molar-refractivity contribution in [2.24, 2.45) is 0 Å². The summed E-state index contributed by atoms with van der Waals surface area (Å²) in [6.45, 7) is 12.1. The SMILES string of the molecule is CC1CCCC(C)N1c1nnc2ccc(O[C@@H]3CC[C@H](NC(=O)N(OC=O)c4cc(C(C)(C)C)nn4-c4cccc(OCCN(C)C)c4)c4ccccc43)cn12. The minimum atomic E-state index is -0.608. The first-order valence-electron chi connectivity index (χ1n) is 19.5. The van der Waals surface area contributed by atoms with E-state index in [1.54, 1.807) is 10.7 Å². The third kappa shape index (κ3) is 8.15. The van der Waals surface area contributed by atoms with Gasteiger partial charge in [0.2, 0.25) is 5.95 Å². The molecule has 3 aromatic heterocycles. The largest absolute Gasteiger partial charge is 0.492 e. The van der Waals surface area contributed by atoms with Crippen LogP contribution in [-0.2, 0) is 15.0 Å². The van der Waals surface area contributed by atoms with Crippen molar-refractivity contribution < 1.29 is 23.9 Å². The number of anilines is 2. The number of amides is 2. The average Bonchev–Trinajstić information content (AvgIpc) is 3.80. The Balaban J connectivity index is 1.13. The highest BCUT2D eigenvalue weighted by Crippen LogP contribution is 2.40. The molecule has 14 heteroatoms. The summed E-state index contributed by atoms with van der Waals surface area (Å²) >= 11 is 0. The molecule has 0 spiro atoms. The molecule has 2 aromatic carbocycles. The van der Waals surface area contributed by atoms with Crippen LogP contribution in [0.15, 0.2) is 72.9 Å². The minimum Gasteiger partial charge on any atom is -0.492 e. The Morgan fingerprint density at radius 2 is 1.70 bits per heavy atom. The van der Waals surface area contributed by atoms with Crippen molar-refractivity contribution in [3.63, 3.8) is 0 Å². The molecule has 2 aliphatic rings. The molecular weight excluding hydrogens is 711 g/mol. The molecule has 1 N–H and O–H groups in total. The molecule has 0 saturated carbocycles. The van der Waals surface area contributed by atoms with Gasteiger partial charge in [-0.05, 0) is 95.4 Å². The summed E-state index contributed by atoms with van der Waals surface area (Å²) in [4.78, 5) is 36.0. The number of pyridine rings is 1. The van der Waals surface area contributed by atoms with Gasteiger partial charge in [-0.2, -0.15) is 5.10 Å². The molecule has 2 unspecified atom stereocenters. The zero-order valence-electron chi connectivity index (χ0n) is 33.4. The van der Waals surface area contributed by atoms with Gasteiger partial charge in [0.1, 0.15) is 24.2 Å². The van der Waals surface area contributed by atoms with Crippen molar-refractivity contribution in [3.05, 3.63) is 89.7 Å². The lowest BCUT2D eigenvalue weighted by Gasteiger charge is -2.39. The fourth-order valence-corrected chi connectivity index (χ4v) is 7.69. The van der Waals surface area contributed by atoms with E-state index < -0.39 is 6.03 Å². The second-order valence-electron chi connectivity index (χ2n) is 16.1. The number of carbonyl (C=O) groups excluding carboxylic acids is 2. The first kappa shape index (κ1) is 38.6. The molecule has 0 radical (unpaired) electrons. The Bertz CT molecular complexity index is 2150. The molecule has 7 rings (SSSR count). The number of aromatic nitrogens is 5. The van der Waals surface area contributed by atoms with E-state index >= 15 is 0 Å². The third-order valence-electron chi connectivity index (χ3n) is 10.7. The van der Waals surface area contributed by atoms with E-state index in [0.717, 1.165) is 47.2 Å². The lowest BCUT2D eigenvalue weighted by Crippen LogP contribution is -2.44. The quantitative estimate of drug-likeness (QED) is 0.103. The first-order chi connectivity index (χ1) is 26.9. The van der Waals surface area contributed by atoms with Crippen LogP contribution in [-0.4, -0.2) is 81.1 Å². The molecular formula is C42H53N9O5. The summed E-state index contributed by atoms with van der Waals surface area (Å²) < 4.78 is 16.3. The van der Waals surface area contributed by atoms with Crippen molar-refractivity contribution in [1.82, 2.24) is 34.6 Å². The van der Waals surface area contributed by atoms with E-state index in [2.05, 4.69) is 34.3 Å². The van der Waals surface area contributed by atoms with Crippen LogP contribution in [0.25, 0.3) is 11.3 Å². The van der Waals surface area contributed by atoms with Gasteiger partial charge < -0.3 is 29.4 Å². The van der Waals surface area contributed by atoms with Crippen molar-refractivity contribution in [2.75, 3.05) is 37.2 Å². The summed E-state index contributed by atoms with van der Waals surface area (Å²) in [7, 11) is 3.98. The Kier molecular flexibility index (Phi) is 11.2. The average molecular weight is 764 g/mol. The maximum atomic E-state index is 14.2. The van der Waals surface area contributed by atoms with E-state index in [1.165, 1.54) is 6.42 Å². The van der Waals surface area contributed by atoms with Crippen LogP contribution in [0, 0.1) is 0 Å². The van der Waals surface area contributed by atoms with Gasteiger partial charge in [-0.15, -0.1) is 15.3 Å². The highest BCUT2D eigenvalue weighted by Gasteiger charge is 2.34. The van der Waals surface area contributed by atoms with Gasteiger partial charge in [0.15, 0.2) is 11.5 Å². The molecule has 1 fully saturated rings. The number of hydrogen-bond acceptors (Lipinski definition) is 10. The number of ether oxygens (including phenoxy) is 2. The fraction of sp³-hybridized carbons (Fsp3) is 0.452. The van der Waals surface area contributed by atoms with Gasteiger partial charge in [0, 0.05) is 36.2 Å². The second-order valence-corrected chi connectivity index (χ2v) is 16.1. The van der Waals surface area contributed by atoms with Crippen LogP contribution in [0.2, 0.25) is 0 Å². The first-order valence-corrected chi connectivity index (χ1v) is 19.5. The summed E-state index contributed by atoms with van der Waals surface area (Å²) in [5.74, 6) is 2.46. The number of nitrogens with one attached hydrogen (secondary N) is 1. The zero-order chi connectivity index (χ0) is 39.6. The zero-order valence-corrected chi connectivity index (χ0v) is 33.4. The Morgan fingerprint density at radius 3 is 2.43 bits per heavy atom. The number of benzene rings is 2. The number of hydroxylamine groups is 1. The topological polar surface area (TPSA) is 132 Å². The highest BCUT2D eigenvalue weighted by molar-refractivity contribution is 5.90. The predicted molar refractivity (Wildman–Crippen MR) is 214 cm³/mol. The molecule has 1 saturated heterocycles. The van der Waals surface area contributed by atoms with Crippen molar-refractivity contribution >= 4 is 29.9 Å². The summed E-state index contributed by atoms with van der Waals surface area (Å²) in [5.41, 5.74) is 3.65. The monoisotopic (exact) mass is 763 g/mol. The van der Waals surface area contributed by atoms with Crippen LogP contribution in [0.3, 0.4) is 0 Å². The summed E-state index contributed by atoms with van der Waals surface area (Å²) in [6.07, 6.45) is 6.39. The number of urea groups is 1. The van der Waals surface area contributed by atoms with E-state index in [0.29, 0.717) is 54.4 Å². The van der Waals surface area contributed by atoms with Crippen molar-refractivity contribution in [1.29, 1.82) is 0 Å². The van der Waals surface area contributed by atoms with Gasteiger partial charge in [-0.3, -0.25) is 9.20 Å². The minimum absolute atomic E-state index is 0.248. The Labute approximate surface area is 328 Å². The molecule has 1 aliphatic carbocycles. The van der Waals surface area contributed by atoms with Crippen LogP contribution in [0.5, 0.6) is 11.5 Å².